The molecule has 0 heterocycles. The van der Waals surface area contributed by atoms with Gasteiger partial charge in [0.05, 0.1) is 10.5 Å². The van der Waals surface area contributed by atoms with Crippen LogP contribution in [-0.2, 0) is 10.8 Å². The van der Waals surface area contributed by atoms with Crippen molar-refractivity contribution >= 4 is 37.4 Å². The third kappa shape index (κ3) is 16.3. The Hall–Kier alpha value is -6.00. The van der Waals surface area contributed by atoms with Gasteiger partial charge in [-0.15, -0.1) is 0 Å². The highest BCUT2D eigenvalue weighted by atomic mass is 79.9. The van der Waals surface area contributed by atoms with Crippen LogP contribution in [0.25, 0.3) is 15.6 Å². The van der Waals surface area contributed by atoms with E-state index in [4.69, 9.17) is 0 Å². The first kappa shape index (κ1) is 52.3. The van der Waals surface area contributed by atoms with Gasteiger partial charge in [0.15, 0.2) is 10.8 Å². The largest absolute Gasteiger partial charge is 0.498 e. The summed E-state index contributed by atoms with van der Waals surface area (Å²) in [6, 6.07) is 64.6. The van der Waals surface area contributed by atoms with E-state index in [1.807, 2.05) is 182 Å². The molecular formula is C55H59Br2N3O4. The summed E-state index contributed by atoms with van der Waals surface area (Å²) in [5, 5.41) is 42.4. The van der Waals surface area contributed by atoms with Crippen molar-refractivity contribution in [3.05, 3.63) is 252 Å². The highest BCUT2D eigenvalue weighted by Gasteiger charge is 2.39. The molecular weight excluding hydrogens is 926 g/mol. The fraction of sp³-hybridized carbons (Fsp3) is 0.273. The number of alkyl halides is 2. The minimum Gasteiger partial charge on any atom is -0.498 e. The van der Waals surface area contributed by atoms with Crippen LogP contribution in [0.15, 0.2) is 188 Å². The van der Waals surface area contributed by atoms with Gasteiger partial charge in [0, 0.05) is 20.7 Å². The third-order valence-corrected chi connectivity index (χ3v) is 11.9. The lowest BCUT2D eigenvalue weighted by atomic mass is 9.71. The molecule has 0 aromatic heterocycles. The summed E-state index contributed by atoms with van der Waals surface area (Å²) in [5.74, 6) is 0. The van der Waals surface area contributed by atoms with Crippen molar-refractivity contribution in [2.75, 3.05) is 10.7 Å². The fourth-order valence-corrected chi connectivity index (χ4v) is 8.45. The number of halogens is 2. The molecule has 0 aliphatic carbocycles. The Kier molecular flexibility index (Phi) is 24.7. The van der Waals surface area contributed by atoms with Gasteiger partial charge in [-0.1, -0.05) is 260 Å². The van der Waals surface area contributed by atoms with Crippen LogP contribution in [0.3, 0.4) is 0 Å². The Bertz CT molecular complexity index is 2090. The highest BCUT2D eigenvalue weighted by Crippen LogP contribution is 2.39. The second-order valence-electron chi connectivity index (χ2n) is 14.9. The van der Waals surface area contributed by atoms with Crippen molar-refractivity contribution in [2.24, 2.45) is 0 Å². The van der Waals surface area contributed by atoms with Crippen molar-refractivity contribution in [1.29, 1.82) is 0 Å². The molecule has 6 aromatic carbocycles. The first-order chi connectivity index (χ1) is 30.9. The normalized spacial score (nSPS) is 10.3. The Labute approximate surface area is 397 Å². The molecule has 0 saturated heterocycles. The summed E-state index contributed by atoms with van der Waals surface area (Å²) in [5.41, 5.74) is 4.98. The minimum absolute atomic E-state index is 0. The number of nitrogens with zero attached hydrogens (tertiary/aromatic N) is 3. The maximum Gasteiger partial charge on any atom is 0.314 e. The zero-order valence-corrected chi connectivity index (χ0v) is 38.8. The van der Waals surface area contributed by atoms with E-state index in [0.29, 0.717) is 5.57 Å². The average Bonchev–Trinajstić information content (AvgIpc) is 3.34. The van der Waals surface area contributed by atoms with Gasteiger partial charge in [0.1, 0.15) is 0 Å². The quantitative estimate of drug-likeness (QED) is 0.0349. The molecule has 0 saturated carbocycles. The molecule has 9 heteroatoms. The lowest BCUT2D eigenvalue weighted by Crippen LogP contribution is -2.26. The molecule has 6 aromatic rings. The third-order valence-electron chi connectivity index (χ3n) is 10.8. The van der Waals surface area contributed by atoms with Gasteiger partial charge >= 0.3 is 12.1 Å². The van der Waals surface area contributed by atoms with Crippen LogP contribution in [0, 0.1) is 32.7 Å². The number of nitro groups is 1. The van der Waals surface area contributed by atoms with Gasteiger partial charge in [0.25, 0.3) is 0 Å². The zero-order valence-electron chi connectivity index (χ0n) is 35.6. The maximum atomic E-state index is 11.5. The van der Waals surface area contributed by atoms with E-state index >= 15 is 0 Å². The van der Waals surface area contributed by atoms with Crippen molar-refractivity contribution in [1.82, 2.24) is 0 Å². The molecule has 0 aliphatic heterocycles. The number of unbranched alkanes of at least 4 members (excludes halogenated alkanes) is 6. The Morgan fingerprint density at radius 2 is 0.734 bits per heavy atom. The second kappa shape index (κ2) is 30.1. The summed E-state index contributed by atoms with van der Waals surface area (Å²) >= 11 is 6.78. The molecule has 0 amide bonds. The van der Waals surface area contributed by atoms with E-state index in [1.54, 1.807) is 0 Å². The van der Waals surface area contributed by atoms with Crippen molar-refractivity contribution in [3.8, 4) is 12.1 Å². The smallest absolute Gasteiger partial charge is 0.314 e. The van der Waals surface area contributed by atoms with Crippen LogP contribution in [0.1, 0.15) is 105 Å². The monoisotopic (exact) mass is 983 g/mol. The zero-order chi connectivity index (χ0) is 44.9. The lowest BCUT2D eigenvalue weighted by Gasteiger charge is -2.26. The number of hydrogen-bond donors (Lipinski definition) is 0. The Balaban J connectivity index is 0.000000344. The SMILES string of the molecule is BrCCCCCCBr.C.O=[N+]([O-])C=C(c1ccccc1)c1ccccc1.[O-][N+]#CC(CCCCCCC(C#[N+][O-])(c1ccccc1)c1ccccc1)(c1ccccc1)c1ccccc1. The molecule has 0 bridgehead atoms. The Morgan fingerprint density at radius 3 is 0.984 bits per heavy atom. The summed E-state index contributed by atoms with van der Waals surface area (Å²) in [6.45, 7) is 0. The Morgan fingerprint density at radius 1 is 0.469 bits per heavy atom. The van der Waals surface area contributed by atoms with Crippen LogP contribution >= 0.6 is 31.9 Å². The summed E-state index contributed by atoms with van der Waals surface area (Å²) < 4.78 is 0. The minimum atomic E-state index is -0.689. The maximum absolute atomic E-state index is 11.5. The molecule has 7 nitrogen and oxygen atoms in total. The molecule has 0 aliphatic rings. The molecule has 332 valence electrons. The molecule has 0 atom stereocenters. The van der Waals surface area contributed by atoms with Gasteiger partial charge in [0.2, 0.25) is 6.20 Å². The van der Waals surface area contributed by atoms with Gasteiger partial charge < -0.3 is 10.4 Å². The fourth-order valence-electron chi connectivity index (χ4n) is 7.66. The predicted molar refractivity (Wildman–Crippen MR) is 276 cm³/mol. The van der Waals surface area contributed by atoms with Crippen molar-refractivity contribution in [2.45, 2.75) is 82.5 Å². The van der Waals surface area contributed by atoms with E-state index in [9.17, 15) is 20.5 Å². The molecule has 0 N–H and O–H groups in total. The number of rotatable bonds is 19. The average molecular weight is 986 g/mol. The molecule has 0 radical (unpaired) electrons. The predicted octanol–water partition coefficient (Wildman–Crippen LogP) is 16.3. The van der Waals surface area contributed by atoms with Gasteiger partial charge in [-0.2, -0.15) is 0 Å². The van der Waals surface area contributed by atoms with E-state index in [0.717, 1.165) is 88.8 Å². The molecule has 0 fully saturated rings. The summed E-state index contributed by atoms with van der Waals surface area (Å²) in [4.78, 5) is 10.3. The molecule has 64 heavy (non-hydrogen) atoms. The number of hydrogen-bond acceptors (Lipinski definition) is 4. The first-order valence-corrected chi connectivity index (χ1v) is 23.7. The van der Waals surface area contributed by atoms with Crippen molar-refractivity contribution in [3.63, 3.8) is 0 Å². The van der Waals surface area contributed by atoms with E-state index in [-0.39, 0.29) is 7.43 Å². The topological polar surface area (TPSA) is 98.0 Å². The van der Waals surface area contributed by atoms with Crippen LogP contribution in [0.5, 0.6) is 0 Å². The van der Waals surface area contributed by atoms with Crippen LogP contribution in [0.2, 0.25) is 0 Å². The van der Waals surface area contributed by atoms with E-state index in [2.05, 4.69) is 54.0 Å². The standard InChI is InChI=1S/C34H32N2O2.C14H11NO2.C6H12Br2.CH4/c37-35-27-33(29-17-7-3-8-18-29,30-19-9-4-10-20-30)25-15-1-2-16-26-34(28-36-38,31-21-11-5-12-22-31)32-23-13-6-14-24-32;16-15(17)11-14(12-7-3-1-4-8-12)13-9-5-2-6-10-13;7-5-3-1-2-4-6-8;/h3-14,17-24H,1-2,15-16,25-26H2;1-11H;1-6H2;1H4. The molecule has 0 unspecified atom stereocenters. The van der Waals surface area contributed by atoms with Gasteiger partial charge in [-0.05, 0) is 59.1 Å². The lowest BCUT2D eigenvalue weighted by molar-refractivity contribution is -0.401. The highest BCUT2D eigenvalue weighted by molar-refractivity contribution is 9.09. The van der Waals surface area contributed by atoms with Crippen molar-refractivity contribution < 1.29 is 4.92 Å². The number of benzene rings is 6. The van der Waals surface area contributed by atoms with E-state index in [1.165, 1.54) is 25.7 Å². The molecule has 6 rings (SSSR count). The second-order valence-corrected chi connectivity index (χ2v) is 16.5. The summed E-state index contributed by atoms with van der Waals surface area (Å²) in [7, 11) is 0. The van der Waals surface area contributed by atoms with Crippen LogP contribution in [-0.4, -0.2) is 15.6 Å². The van der Waals surface area contributed by atoms with Gasteiger partial charge in [-0.3, -0.25) is 10.1 Å². The van der Waals surface area contributed by atoms with E-state index < -0.39 is 15.8 Å². The van der Waals surface area contributed by atoms with Crippen LogP contribution < -0.4 is 0 Å². The van der Waals surface area contributed by atoms with Crippen LogP contribution in [0.4, 0.5) is 0 Å². The van der Waals surface area contributed by atoms with Gasteiger partial charge in [-0.25, -0.2) is 0 Å². The summed E-state index contributed by atoms with van der Waals surface area (Å²) in [6.07, 6.45) is 11.6. The first-order valence-electron chi connectivity index (χ1n) is 21.4. The molecule has 0 spiro atoms.